The number of hydrogen-bond acceptors (Lipinski definition) is 5. The van der Waals surface area contributed by atoms with Gasteiger partial charge in [-0.2, -0.15) is 13.2 Å². The molecule has 3 aromatic rings. The molecular weight excluding hydrogens is 503 g/mol. The lowest BCUT2D eigenvalue weighted by Crippen LogP contribution is -2.48. The van der Waals surface area contributed by atoms with Gasteiger partial charge < -0.3 is 15.1 Å². The lowest BCUT2D eigenvalue weighted by molar-refractivity contribution is -0.137. The van der Waals surface area contributed by atoms with Crippen molar-refractivity contribution in [3.63, 3.8) is 0 Å². The van der Waals surface area contributed by atoms with Crippen molar-refractivity contribution in [1.29, 1.82) is 0 Å². The number of halogens is 3. The predicted molar refractivity (Wildman–Crippen MR) is 147 cm³/mol. The molecule has 0 saturated carbocycles. The van der Waals surface area contributed by atoms with Crippen LogP contribution in [0, 0.1) is 6.92 Å². The van der Waals surface area contributed by atoms with Crippen molar-refractivity contribution in [3.05, 3.63) is 89.5 Å². The van der Waals surface area contributed by atoms with Gasteiger partial charge in [-0.05, 0) is 81.1 Å². The van der Waals surface area contributed by atoms with E-state index in [0.29, 0.717) is 18.2 Å². The first-order valence-electron chi connectivity index (χ1n) is 13.1. The number of rotatable bonds is 8. The van der Waals surface area contributed by atoms with Crippen LogP contribution in [0.3, 0.4) is 0 Å². The monoisotopic (exact) mass is 537 g/mol. The molecule has 39 heavy (non-hydrogen) atoms. The van der Waals surface area contributed by atoms with E-state index in [2.05, 4.69) is 34.0 Å². The molecule has 206 valence electrons. The first-order chi connectivity index (χ1) is 18.6. The molecule has 3 heterocycles. The molecule has 1 aromatic carbocycles. The van der Waals surface area contributed by atoms with E-state index >= 15 is 0 Å². The van der Waals surface area contributed by atoms with E-state index in [1.165, 1.54) is 18.2 Å². The molecule has 4 rings (SSSR count). The van der Waals surface area contributed by atoms with E-state index in [9.17, 15) is 18.0 Å². The zero-order valence-corrected chi connectivity index (χ0v) is 22.4. The summed E-state index contributed by atoms with van der Waals surface area (Å²) in [4.78, 5) is 26.3. The standard InChI is InChI=1S/C30H34F3N5O/c1-21(2)37-14-11-28(12-15-37)38(29(39)9-6-23-4-7-25(8-5-23)30(31,32)33)20-24-17-27(19-34-18-24)36-26-10-13-35-22(3)16-26/h4-10,13,16-19,21,28H,11-12,14-15,20H2,1-3H3,(H,35,36). The summed E-state index contributed by atoms with van der Waals surface area (Å²) in [6, 6.07) is 11.1. The van der Waals surface area contributed by atoms with E-state index in [-0.39, 0.29) is 11.9 Å². The van der Waals surface area contributed by atoms with Gasteiger partial charge in [0.25, 0.3) is 0 Å². The van der Waals surface area contributed by atoms with Crippen molar-refractivity contribution in [2.75, 3.05) is 18.4 Å². The quantitative estimate of drug-likeness (QED) is 0.334. The van der Waals surface area contributed by atoms with Crippen molar-refractivity contribution >= 4 is 23.4 Å². The largest absolute Gasteiger partial charge is 0.416 e. The van der Waals surface area contributed by atoms with Crippen LogP contribution in [0.15, 0.2) is 67.1 Å². The number of anilines is 2. The fraction of sp³-hybridized carbons (Fsp3) is 0.367. The molecule has 0 radical (unpaired) electrons. The number of hydrogen-bond donors (Lipinski definition) is 1. The Kier molecular flexibility index (Phi) is 9.01. The SMILES string of the molecule is Cc1cc(Nc2cncc(CN(C(=O)C=Cc3ccc(C(F)(F)F)cc3)C3CCN(C(C)C)CC3)c2)ccn1. The second-order valence-corrected chi connectivity index (χ2v) is 10.2. The smallest absolute Gasteiger partial charge is 0.354 e. The maximum Gasteiger partial charge on any atom is 0.416 e. The molecule has 1 aliphatic rings. The Morgan fingerprint density at radius 2 is 1.82 bits per heavy atom. The summed E-state index contributed by atoms with van der Waals surface area (Å²) in [5.41, 5.74) is 3.30. The molecule has 1 aliphatic heterocycles. The first kappa shape index (κ1) is 28.3. The van der Waals surface area contributed by atoms with Crippen LogP contribution in [0.5, 0.6) is 0 Å². The zero-order chi connectivity index (χ0) is 28.0. The van der Waals surface area contributed by atoms with Gasteiger partial charge in [-0.25, -0.2) is 0 Å². The minimum absolute atomic E-state index is 0.0456. The Bertz CT molecular complexity index is 1280. The third-order valence-electron chi connectivity index (χ3n) is 6.94. The van der Waals surface area contributed by atoms with Crippen LogP contribution in [-0.4, -0.2) is 50.8 Å². The number of nitrogens with zero attached hydrogens (tertiary/aromatic N) is 4. The number of alkyl halides is 3. The second-order valence-electron chi connectivity index (χ2n) is 10.2. The average molecular weight is 538 g/mol. The topological polar surface area (TPSA) is 61.4 Å². The van der Waals surface area contributed by atoms with Crippen LogP contribution in [0.25, 0.3) is 6.08 Å². The first-order valence-corrected chi connectivity index (χ1v) is 13.1. The Balaban J connectivity index is 1.52. The highest BCUT2D eigenvalue weighted by Crippen LogP contribution is 2.29. The lowest BCUT2D eigenvalue weighted by atomic mass is 10.0. The normalized spacial score (nSPS) is 15.2. The summed E-state index contributed by atoms with van der Waals surface area (Å²) in [5.74, 6) is -0.180. The summed E-state index contributed by atoms with van der Waals surface area (Å²) < 4.78 is 38.7. The van der Waals surface area contributed by atoms with Crippen LogP contribution in [0.4, 0.5) is 24.5 Å². The molecule has 1 fully saturated rings. The predicted octanol–water partition coefficient (Wildman–Crippen LogP) is 6.46. The number of aromatic nitrogens is 2. The summed E-state index contributed by atoms with van der Waals surface area (Å²) in [7, 11) is 0. The molecule has 0 atom stereocenters. The van der Waals surface area contributed by atoms with Crippen molar-refractivity contribution in [2.45, 2.75) is 58.4 Å². The third kappa shape index (κ3) is 7.89. The Labute approximate surface area is 227 Å². The van der Waals surface area contributed by atoms with E-state index in [4.69, 9.17) is 0 Å². The van der Waals surface area contributed by atoms with Crippen LogP contribution in [0.2, 0.25) is 0 Å². The Hall–Kier alpha value is -3.72. The number of carbonyl (C=O) groups excluding carboxylic acids is 1. The Morgan fingerprint density at radius 1 is 1.10 bits per heavy atom. The second kappa shape index (κ2) is 12.4. The van der Waals surface area contributed by atoms with E-state index in [1.807, 2.05) is 30.0 Å². The van der Waals surface area contributed by atoms with Crippen molar-refractivity contribution in [3.8, 4) is 0 Å². The van der Waals surface area contributed by atoms with E-state index < -0.39 is 11.7 Å². The van der Waals surface area contributed by atoms with Crippen molar-refractivity contribution in [1.82, 2.24) is 19.8 Å². The molecule has 1 N–H and O–H groups in total. The molecule has 6 nitrogen and oxygen atoms in total. The zero-order valence-electron chi connectivity index (χ0n) is 22.4. The number of amides is 1. The van der Waals surface area contributed by atoms with Gasteiger partial charge in [-0.15, -0.1) is 0 Å². The summed E-state index contributed by atoms with van der Waals surface area (Å²) >= 11 is 0. The van der Waals surface area contributed by atoms with Crippen LogP contribution < -0.4 is 5.32 Å². The number of likely N-dealkylation sites (tertiary alicyclic amines) is 1. The average Bonchev–Trinajstić information content (AvgIpc) is 2.90. The molecule has 0 spiro atoms. The van der Waals surface area contributed by atoms with Gasteiger partial charge in [0, 0.05) is 61.6 Å². The number of piperidine rings is 1. The summed E-state index contributed by atoms with van der Waals surface area (Å²) in [5, 5.41) is 3.34. The van der Waals surface area contributed by atoms with Crippen molar-refractivity contribution < 1.29 is 18.0 Å². The highest BCUT2D eigenvalue weighted by Gasteiger charge is 2.30. The van der Waals surface area contributed by atoms with Crippen LogP contribution in [-0.2, 0) is 17.5 Å². The summed E-state index contributed by atoms with van der Waals surface area (Å²) in [6.07, 6.45) is 5.55. The molecule has 0 aliphatic carbocycles. The van der Waals surface area contributed by atoms with Gasteiger partial charge in [0.2, 0.25) is 5.91 Å². The maximum absolute atomic E-state index is 13.5. The van der Waals surface area contributed by atoms with Gasteiger partial charge in [0.15, 0.2) is 0 Å². The van der Waals surface area contributed by atoms with Gasteiger partial charge >= 0.3 is 6.18 Å². The van der Waals surface area contributed by atoms with Gasteiger partial charge in [0.05, 0.1) is 17.4 Å². The molecule has 1 saturated heterocycles. The number of carbonyl (C=O) groups is 1. The molecule has 9 heteroatoms. The lowest BCUT2D eigenvalue weighted by Gasteiger charge is -2.39. The number of benzene rings is 1. The van der Waals surface area contributed by atoms with Crippen LogP contribution in [0.1, 0.15) is 49.1 Å². The van der Waals surface area contributed by atoms with Crippen molar-refractivity contribution in [2.24, 2.45) is 0 Å². The Morgan fingerprint density at radius 3 is 2.46 bits per heavy atom. The van der Waals surface area contributed by atoms with E-state index in [1.54, 1.807) is 24.7 Å². The van der Waals surface area contributed by atoms with Gasteiger partial charge in [-0.3, -0.25) is 14.8 Å². The third-order valence-corrected chi connectivity index (χ3v) is 6.94. The number of nitrogens with one attached hydrogen (secondary N) is 1. The summed E-state index contributed by atoms with van der Waals surface area (Å²) in [6.45, 7) is 8.44. The molecule has 1 amide bonds. The van der Waals surface area contributed by atoms with E-state index in [0.717, 1.165) is 60.7 Å². The highest BCUT2D eigenvalue weighted by molar-refractivity contribution is 5.92. The number of aryl methyl sites for hydroxylation is 1. The fourth-order valence-corrected chi connectivity index (χ4v) is 4.78. The van der Waals surface area contributed by atoms with Crippen LogP contribution >= 0.6 is 0 Å². The minimum atomic E-state index is -4.40. The molecule has 0 unspecified atom stereocenters. The molecule has 2 aromatic heterocycles. The highest BCUT2D eigenvalue weighted by atomic mass is 19.4. The van der Waals surface area contributed by atoms with Gasteiger partial charge in [-0.1, -0.05) is 12.1 Å². The fourth-order valence-electron chi connectivity index (χ4n) is 4.78. The molecular formula is C30H34F3N5O. The minimum Gasteiger partial charge on any atom is -0.354 e. The molecule has 0 bridgehead atoms. The van der Waals surface area contributed by atoms with Gasteiger partial charge in [0.1, 0.15) is 0 Å². The maximum atomic E-state index is 13.5. The number of pyridine rings is 2.